The summed E-state index contributed by atoms with van der Waals surface area (Å²) in [5.74, 6) is -0.654. The predicted molar refractivity (Wildman–Crippen MR) is 97.6 cm³/mol. The van der Waals surface area contributed by atoms with Crippen LogP contribution in [0.5, 0.6) is 5.75 Å². The highest BCUT2D eigenvalue weighted by Crippen LogP contribution is 2.24. The minimum atomic E-state index is -0.856. The first-order chi connectivity index (χ1) is 12.1. The summed E-state index contributed by atoms with van der Waals surface area (Å²) in [6.07, 6.45) is 3.65. The number of benzene rings is 1. The predicted octanol–water partition coefficient (Wildman–Crippen LogP) is 4.01. The molecule has 0 fully saturated rings. The molecule has 0 spiro atoms. The zero-order chi connectivity index (χ0) is 19.6. The van der Waals surface area contributed by atoms with Gasteiger partial charge in [-0.15, -0.1) is 0 Å². The molecule has 0 amide bonds. The van der Waals surface area contributed by atoms with E-state index in [4.69, 9.17) is 19.3 Å². The number of carboxylic acid groups (broad SMARTS) is 1. The Kier molecular flexibility index (Phi) is 8.16. The van der Waals surface area contributed by atoms with E-state index in [1.807, 2.05) is 6.07 Å². The van der Waals surface area contributed by atoms with Crippen LogP contribution in [0.15, 0.2) is 42.9 Å². The molecule has 0 aliphatic rings. The van der Waals surface area contributed by atoms with Gasteiger partial charge in [-0.05, 0) is 52.7 Å². The second-order valence-electron chi connectivity index (χ2n) is 7.29. The fraction of sp³-hybridized carbons (Fsp3) is 0.500. The monoisotopic (exact) mass is 364 g/mol. The number of carbonyl (C=O) groups excluding carboxylic acids is 1. The van der Waals surface area contributed by atoms with Crippen LogP contribution in [0.25, 0.3) is 0 Å². The first-order valence-electron chi connectivity index (χ1n) is 8.54. The maximum Gasteiger partial charge on any atom is 0.317 e. The number of rotatable bonds is 11. The maximum atomic E-state index is 12.2. The summed E-state index contributed by atoms with van der Waals surface area (Å²) in [6.45, 7) is 7.52. The number of esters is 1. The van der Waals surface area contributed by atoms with Crippen molar-refractivity contribution in [2.75, 3.05) is 13.2 Å². The molecule has 0 bridgehead atoms. The fourth-order valence-electron chi connectivity index (χ4n) is 1.79. The Balaban J connectivity index is 2.25. The lowest BCUT2D eigenvalue weighted by Gasteiger charge is -2.21. The van der Waals surface area contributed by atoms with Gasteiger partial charge in [0, 0.05) is 0 Å². The molecule has 1 aromatic rings. The van der Waals surface area contributed by atoms with Crippen LogP contribution < -0.4 is 4.74 Å². The lowest BCUT2D eigenvalue weighted by Crippen LogP contribution is -2.30. The molecule has 0 unspecified atom stereocenters. The summed E-state index contributed by atoms with van der Waals surface area (Å²) < 4.78 is 15.9. The third-order valence-electron chi connectivity index (χ3n) is 4.02. The lowest BCUT2D eigenvalue weighted by atomic mass is 9.90. The molecule has 0 aliphatic heterocycles. The zero-order valence-electron chi connectivity index (χ0n) is 15.9. The van der Waals surface area contributed by atoms with Crippen molar-refractivity contribution in [1.29, 1.82) is 0 Å². The van der Waals surface area contributed by atoms with E-state index in [1.165, 1.54) is 12.5 Å². The Morgan fingerprint density at radius 3 is 1.92 bits per heavy atom. The average Bonchev–Trinajstić information content (AvgIpc) is 2.57. The number of hydrogen-bond acceptors (Lipinski definition) is 5. The van der Waals surface area contributed by atoms with Gasteiger partial charge in [-0.1, -0.05) is 18.2 Å². The fourth-order valence-corrected chi connectivity index (χ4v) is 1.79. The lowest BCUT2D eigenvalue weighted by molar-refractivity contribution is -0.148. The highest BCUT2D eigenvalue weighted by Gasteiger charge is 2.29. The number of carbonyl (C=O) groups is 2. The van der Waals surface area contributed by atoms with Crippen LogP contribution in [0.1, 0.15) is 40.5 Å². The van der Waals surface area contributed by atoms with Gasteiger partial charge in [0.15, 0.2) is 0 Å². The van der Waals surface area contributed by atoms with Gasteiger partial charge >= 0.3 is 11.9 Å². The van der Waals surface area contributed by atoms with E-state index in [9.17, 15) is 9.59 Å². The van der Waals surface area contributed by atoms with E-state index in [0.717, 1.165) is 0 Å². The third kappa shape index (κ3) is 7.59. The van der Waals surface area contributed by atoms with Crippen LogP contribution >= 0.6 is 0 Å². The topological polar surface area (TPSA) is 82.1 Å². The van der Waals surface area contributed by atoms with Gasteiger partial charge in [0.25, 0.3) is 0 Å². The van der Waals surface area contributed by atoms with Gasteiger partial charge in [0.1, 0.15) is 18.3 Å². The van der Waals surface area contributed by atoms with Gasteiger partial charge in [-0.25, -0.2) is 0 Å². The highest BCUT2D eigenvalue weighted by molar-refractivity contribution is 5.78. The Morgan fingerprint density at radius 2 is 1.42 bits per heavy atom. The Morgan fingerprint density at radius 1 is 0.923 bits per heavy atom. The van der Waals surface area contributed by atoms with Crippen molar-refractivity contribution in [2.45, 2.75) is 40.5 Å². The average molecular weight is 364 g/mol. The van der Waals surface area contributed by atoms with Crippen molar-refractivity contribution in [2.24, 2.45) is 10.8 Å². The maximum absolute atomic E-state index is 12.2. The van der Waals surface area contributed by atoms with E-state index in [-0.39, 0.29) is 12.6 Å². The standard InChI is InChI=1S/C20H28O6/c1-19(2,17(21)22)10-12-24-14-15-25-13-11-20(3,4)18(23)26-16-8-6-5-7-9-16/h5-9,14-15H,10-13H2,1-4H3,(H,21,22). The van der Waals surface area contributed by atoms with Gasteiger partial charge in [-0.3, -0.25) is 9.59 Å². The summed E-state index contributed by atoms with van der Waals surface area (Å²) in [5.41, 5.74) is -1.51. The van der Waals surface area contributed by atoms with E-state index in [2.05, 4.69) is 0 Å². The molecule has 1 N–H and O–H groups in total. The molecule has 1 rings (SSSR count). The quantitative estimate of drug-likeness (QED) is 0.276. The van der Waals surface area contributed by atoms with E-state index in [1.54, 1.807) is 52.0 Å². The minimum absolute atomic E-state index is 0.286. The highest BCUT2D eigenvalue weighted by atomic mass is 16.5. The largest absolute Gasteiger partial charge is 0.498 e. The van der Waals surface area contributed by atoms with Gasteiger partial charge in [-0.2, -0.15) is 0 Å². The van der Waals surface area contributed by atoms with Crippen LogP contribution in [0.2, 0.25) is 0 Å². The molecular formula is C20H28O6. The Hall–Kier alpha value is -2.50. The molecule has 6 nitrogen and oxygen atoms in total. The van der Waals surface area contributed by atoms with Gasteiger partial charge in [0.2, 0.25) is 0 Å². The van der Waals surface area contributed by atoms with Crippen LogP contribution in [0, 0.1) is 10.8 Å². The molecule has 0 saturated carbocycles. The molecule has 26 heavy (non-hydrogen) atoms. The van der Waals surface area contributed by atoms with Crippen LogP contribution in [-0.2, 0) is 19.1 Å². The van der Waals surface area contributed by atoms with Crippen molar-refractivity contribution in [3.63, 3.8) is 0 Å². The Bertz CT molecular complexity index is 604. The van der Waals surface area contributed by atoms with Gasteiger partial charge in [0.05, 0.1) is 24.0 Å². The molecule has 0 atom stereocenters. The number of aliphatic carboxylic acids is 1. The summed E-state index contributed by atoms with van der Waals surface area (Å²) >= 11 is 0. The number of ether oxygens (including phenoxy) is 3. The molecule has 0 aliphatic carbocycles. The van der Waals surface area contributed by atoms with Crippen molar-refractivity contribution >= 4 is 11.9 Å². The summed E-state index contributed by atoms with van der Waals surface area (Å²) in [6, 6.07) is 8.93. The normalized spacial score (nSPS) is 12.0. The minimum Gasteiger partial charge on any atom is -0.498 e. The van der Waals surface area contributed by atoms with Gasteiger partial charge < -0.3 is 19.3 Å². The van der Waals surface area contributed by atoms with Crippen molar-refractivity contribution < 1.29 is 28.9 Å². The smallest absolute Gasteiger partial charge is 0.317 e. The van der Waals surface area contributed by atoms with E-state index >= 15 is 0 Å². The number of para-hydroxylation sites is 1. The number of hydrogen-bond donors (Lipinski definition) is 1. The summed E-state index contributed by atoms with van der Waals surface area (Å²) in [4.78, 5) is 23.2. The molecule has 6 heteroatoms. The molecular weight excluding hydrogens is 336 g/mol. The summed E-state index contributed by atoms with van der Waals surface area (Å²) in [5, 5.41) is 8.99. The molecule has 1 aromatic carbocycles. The first kappa shape index (κ1) is 21.5. The number of carboxylic acids is 1. The van der Waals surface area contributed by atoms with Crippen molar-refractivity contribution in [3.8, 4) is 5.75 Å². The second-order valence-corrected chi connectivity index (χ2v) is 7.29. The molecule has 144 valence electrons. The Labute approximate surface area is 154 Å². The zero-order valence-corrected chi connectivity index (χ0v) is 15.9. The molecule has 0 heterocycles. The molecule has 0 aromatic heterocycles. The van der Waals surface area contributed by atoms with Crippen LogP contribution in [0.4, 0.5) is 0 Å². The van der Waals surface area contributed by atoms with Crippen LogP contribution in [-0.4, -0.2) is 30.3 Å². The summed E-state index contributed by atoms with van der Waals surface area (Å²) in [7, 11) is 0. The first-order valence-corrected chi connectivity index (χ1v) is 8.54. The van der Waals surface area contributed by atoms with E-state index in [0.29, 0.717) is 25.2 Å². The second kappa shape index (κ2) is 9.85. The third-order valence-corrected chi connectivity index (χ3v) is 4.02. The van der Waals surface area contributed by atoms with Crippen LogP contribution in [0.3, 0.4) is 0 Å². The van der Waals surface area contributed by atoms with Crippen molar-refractivity contribution in [3.05, 3.63) is 42.9 Å². The van der Waals surface area contributed by atoms with E-state index < -0.39 is 16.8 Å². The molecule has 0 saturated heterocycles. The molecule has 0 radical (unpaired) electrons. The van der Waals surface area contributed by atoms with Crippen molar-refractivity contribution in [1.82, 2.24) is 0 Å². The SMILES string of the molecule is CC(C)(CCOC=COCCC(C)(C)C(=O)Oc1ccccc1)C(=O)O.